The van der Waals surface area contributed by atoms with Crippen molar-refractivity contribution in [1.82, 2.24) is 9.88 Å². The third-order valence-electron chi connectivity index (χ3n) is 3.40. The summed E-state index contributed by atoms with van der Waals surface area (Å²) in [6.07, 6.45) is 1.66. The van der Waals surface area contributed by atoms with E-state index in [4.69, 9.17) is 18.0 Å². The van der Waals surface area contributed by atoms with Crippen molar-refractivity contribution in [2.45, 2.75) is 19.8 Å². The van der Waals surface area contributed by atoms with Gasteiger partial charge in [0.25, 0.3) is 5.91 Å². The molecule has 1 amide bonds. The van der Waals surface area contributed by atoms with E-state index in [1.807, 2.05) is 4.90 Å². The van der Waals surface area contributed by atoms with Crippen LogP contribution in [0, 0.1) is 5.41 Å². The predicted octanol–water partition coefficient (Wildman–Crippen LogP) is 1.67. The average Bonchev–Trinajstić information content (AvgIpc) is 2.82. The van der Waals surface area contributed by atoms with Crippen molar-refractivity contribution < 1.29 is 4.79 Å². The lowest BCUT2D eigenvalue weighted by Crippen LogP contribution is -2.46. The van der Waals surface area contributed by atoms with Crippen LogP contribution in [0.3, 0.4) is 0 Å². The van der Waals surface area contributed by atoms with Gasteiger partial charge in [-0.15, -0.1) is 11.3 Å². The number of thiocarbonyl (C=S) groups is 1. The van der Waals surface area contributed by atoms with Crippen molar-refractivity contribution in [2.24, 2.45) is 11.1 Å². The molecule has 0 unspecified atom stereocenters. The topological polar surface area (TPSA) is 59.2 Å². The van der Waals surface area contributed by atoms with Gasteiger partial charge in [0.05, 0.1) is 10.5 Å². The van der Waals surface area contributed by atoms with Gasteiger partial charge in [0.15, 0.2) is 0 Å². The van der Waals surface area contributed by atoms with E-state index in [-0.39, 0.29) is 11.3 Å². The van der Waals surface area contributed by atoms with E-state index < -0.39 is 0 Å². The summed E-state index contributed by atoms with van der Waals surface area (Å²) in [6, 6.07) is 0. The van der Waals surface area contributed by atoms with Gasteiger partial charge in [0.1, 0.15) is 5.69 Å². The first-order valence-electron chi connectivity index (χ1n) is 5.50. The minimum atomic E-state index is -0.103. The van der Waals surface area contributed by atoms with Gasteiger partial charge < -0.3 is 10.6 Å². The Balaban J connectivity index is 2.00. The van der Waals surface area contributed by atoms with Crippen LogP contribution in [0.1, 0.15) is 30.3 Å². The van der Waals surface area contributed by atoms with E-state index in [2.05, 4.69) is 11.9 Å². The molecule has 0 radical (unpaired) electrons. The van der Waals surface area contributed by atoms with Crippen LogP contribution in [0.5, 0.6) is 0 Å². The van der Waals surface area contributed by atoms with Crippen LogP contribution >= 0.6 is 23.6 Å². The molecule has 1 aliphatic heterocycles. The third-order valence-corrected chi connectivity index (χ3v) is 4.48. The molecule has 2 N–H and O–H groups in total. The van der Waals surface area contributed by atoms with Gasteiger partial charge >= 0.3 is 0 Å². The van der Waals surface area contributed by atoms with E-state index in [0.717, 1.165) is 12.8 Å². The minimum Gasteiger partial charge on any atom is -0.393 e. The fraction of sp³-hybridized carbons (Fsp3) is 0.545. The summed E-state index contributed by atoms with van der Waals surface area (Å²) in [5.74, 6) is 0.0104. The quantitative estimate of drug-likeness (QED) is 0.830. The molecule has 0 bridgehead atoms. The maximum Gasteiger partial charge on any atom is 0.273 e. The van der Waals surface area contributed by atoms with Crippen molar-refractivity contribution in [3.05, 3.63) is 16.6 Å². The fourth-order valence-electron chi connectivity index (χ4n) is 1.93. The van der Waals surface area contributed by atoms with E-state index in [1.165, 1.54) is 11.3 Å². The molecule has 1 fully saturated rings. The molecule has 0 aromatic carbocycles. The molecule has 17 heavy (non-hydrogen) atoms. The van der Waals surface area contributed by atoms with E-state index in [0.29, 0.717) is 23.8 Å². The standard InChI is InChI=1S/C11H15N3OS2/c1-11(10(12)16)2-4-14(5-3-11)9(15)8-6-17-7-13-8/h6-7H,2-5H2,1H3,(H2,12,16). The summed E-state index contributed by atoms with van der Waals surface area (Å²) in [4.78, 5) is 18.5. The van der Waals surface area contributed by atoms with Crippen molar-refractivity contribution >= 4 is 34.5 Å². The lowest BCUT2D eigenvalue weighted by molar-refractivity contribution is 0.0665. The Hall–Kier alpha value is -1.01. The molecule has 2 rings (SSSR count). The summed E-state index contributed by atoms with van der Waals surface area (Å²) < 4.78 is 0. The highest BCUT2D eigenvalue weighted by molar-refractivity contribution is 7.80. The van der Waals surface area contributed by atoms with Crippen molar-refractivity contribution in [2.75, 3.05) is 13.1 Å². The van der Waals surface area contributed by atoms with Crippen LogP contribution < -0.4 is 5.73 Å². The number of piperidine rings is 1. The molecule has 0 atom stereocenters. The number of hydrogen-bond donors (Lipinski definition) is 1. The highest BCUT2D eigenvalue weighted by Gasteiger charge is 2.34. The molecule has 6 heteroatoms. The number of aromatic nitrogens is 1. The number of carbonyl (C=O) groups is 1. The first-order chi connectivity index (χ1) is 8.03. The van der Waals surface area contributed by atoms with Gasteiger partial charge in [-0.25, -0.2) is 4.98 Å². The van der Waals surface area contributed by atoms with Crippen LogP contribution in [0.2, 0.25) is 0 Å². The second-order valence-electron chi connectivity index (χ2n) is 4.59. The number of carbonyl (C=O) groups excluding carboxylic acids is 1. The molecule has 1 saturated heterocycles. The Morgan fingerprint density at radius 1 is 1.59 bits per heavy atom. The summed E-state index contributed by atoms with van der Waals surface area (Å²) >= 11 is 6.51. The lowest BCUT2D eigenvalue weighted by atomic mass is 9.80. The summed E-state index contributed by atoms with van der Waals surface area (Å²) in [6.45, 7) is 3.47. The molecule has 4 nitrogen and oxygen atoms in total. The Bertz CT molecular complexity index is 422. The SMILES string of the molecule is CC1(C(N)=S)CCN(C(=O)c2cscn2)CC1. The summed E-state index contributed by atoms with van der Waals surface area (Å²) in [7, 11) is 0. The molecule has 1 aliphatic rings. The Labute approximate surface area is 110 Å². The first-order valence-corrected chi connectivity index (χ1v) is 6.85. The number of thiazole rings is 1. The smallest absolute Gasteiger partial charge is 0.273 e. The van der Waals surface area contributed by atoms with Crippen molar-refractivity contribution in [3.63, 3.8) is 0 Å². The van der Waals surface area contributed by atoms with Crippen LogP contribution in [0.4, 0.5) is 0 Å². The zero-order chi connectivity index (χ0) is 12.5. The maximum absolute atomic E-state index is 12.0. The molecule has 2 heterocycles. The highest BCUT2D eigenvalue weighted by Crippen LogP contribution is 2.31. The molecule has 1 aromatic rings. The zero-order valence-electron chi connectivity index (χ0n) is 9.68. The van der Waals surface area contributed by atoms with Gasteiger partial charge in [0.2, 0.25) is 0 Å². The largest absolute Gasteiger partial charge is 0.393 e. The first kappa shape index (κ1) is 12.4. The van der Waals surface area contributed by atoms with Gasteiger partial charge in [-0.2, -0.15) is 0 Å². The monoisotopic (exact) mass is 269 g/mol. The minimum absolute atomic E-state index is 0.0104. The Kier molecular flexibility index (Phi) is 3.44. The highest BCUT2D eigenvalue weighted by atomic mass is 32.1. The predicted molar refractivity (Wildman–Crippen MR) is 72.1 cm³/mol. The van der Waals surface area contributed by atoms with Gasteiger partial charge in [-0.3, -0.25) is 4.79 Å². The van der Waals surface area contributed by atoms with Crippen LogP contribution in [0.25, 0.3) is 0 Å². The maximum atomic E-state index is 12.0. The molecule has 92 valence electrons. The van der Waals surface area contributed by atoms with Gasteiger partial charge in [0, 0.05) is 23.9 Å². The lowest BCUT2D eigenvalue weighted by Gasteiger charge is -2.38. The molecule has 1 aromatic heterocycles. The zero-order valence-corrected chi connectivity index (χ0v) is 11.3. The number of rotatable bonds is 2. The van der Waals surface area contributed by atoms with Gasteiger partial charge in [-0.05, 0) is 12.8 Å². The molecule has 0 aliphatic carbocycles. The molecule has 0 spiro atoms. The number of nitrogens with two attached hydrogens (primary N) is 1. The average molecular weight is 269 g/mol. The number of nitrogens with zero attached hydrogens (tertiary/aromatic N) is 2. The second-order valence-corrected chi connectivity index (χ2v) is 5.75. The fourth-order valence-corrected chi connectivity index (χ4v) is 2.66. The van der Waals surface area contributed by atoms with Crippen molar-refractivity contribution in [3.8, 4) is 0 Å². The van der Waals surface area contributed by atoms with E-state index in [9.17, 15) is 4.79 Å². The third kappa shape index (κ3) is 2.47. The van der Waals surface area contributed by atoms with Gasteiger partial charge in [-0.1, -0.05) is 19.1 Å². The number of amides is 1. The molecular formula is C11H15N3OS2. The summed E-state index contributed by atoms with van der Waals surface area (Å²) in [5, 5.41) is 1.78. The van der Waals surface area contributed by atoms with E-state index in [1.54, 1.807) is 10.9 Å². The second kappa shape index (κ2) is 4.70. The Morgan fingerprint density at radius 2 is 2.24 bits per heavy atom. The van der Waals surface area contributed by atoms with Crippen LogP contribution in [-0.2, 0) is 0 Å². The van der Waals surface area contributed by atoms with Crippen molar-refractivity contribution in [1.29, 1.82) is 0 Å². The normalized spacial score (nSPS) is 19.0. The summed E-state index contributed by atoms with van der Waals surface area (Å²) in [5.41, 5.74) is 7.84. The molecular weight excluding hydrogens is 254 g/mol. The van der Waals surface area contributed by atoms with Crippen LogP contribution in [-0.4, -0.2) is 33.9 Å². The Morgan fingerprint density at radius 3 is 2.71 bits per heavy atom. The number of likely N-dealkylation sites (tertiary alicyclic amines) is 1. The van der Waals surface area contributed by atoms with Crippen LogP contribution in [0.15, 0.2) is 10.9 Å². The number of hydrogen-bond acceptors (Lipinski definition) is 4. The van der Waals surface area contributed by atoms with E-state index >= 15 is 0 Å². The molecule has 0 saturated carbocycles.